The Labute approximate surface area is 46.1 Å². The molecule has 2 nitrogen and oxygen atoms in total. The second-order valence-corrected chi connectivity index (χ2v) is 2.09. The van der Waals surface area contributed by atoms with Crippen LogP contribution in [0.4, 0.5) is 0 Å². The van der Waals surface area contributed by atoms with Crippen molar-refractivity contribution in [3.8, 4) is 0 Å². The normalized spacial score (nSPS) is 19.1. The Kier molecular flexibility index (Phi) is 1.36. The van der Waals surface area contributed by atoms with Crippen molar-refractivity contribution >= 4 is 17.1 Å². The molecule has 0 saturated carbocycles. The monoisotopic (exact) mass is 115 g/mol. The van der Waals surface area contributed by atoms with Gasteiger partial charge in [0.15, 0.2) is 0 Å². The van der Waals surface area contributed by atoms with E-state index >= 15 is 0 Å². The molecule has 0 radical (unpaired) electrons. The van der Waals surface area contributed by atoms with E-state index in [1.807, 2.05) is 0 Å². The summed E-state index contributed by atoms with van der Waals surface area (Å²) in [6.45, 7) is 0. The minimum atomic E-state index is 0.183. The molecule has 0 spiro atoms. The van der Waals surface area contributed by atoms with Crippen molar-refractivity contribution in [3.05, 3.63) is 12.3 Å². The fraction of sp³-hybridized carbons (Fsp3) is 0.250. The Balaban J connectivity index is 2.47. The van der Waals surface area contributed by atoms with Crippen molar-refractivity contribution in [2.75, 3.05) is 0 Å². The maximum absolute atomic E-state index is 10.3. The third-order valence-electron chi connectivity index (χ3n) is 0.643. The minimum Gasteiger partial charge on any atom is -0.330 e. The smallest absolute Gasteiger partial charge is 0.212 e. The Hall–Kier alpha value is -0.440. The SMILES string of the molecule is O=C1CC=CNS1. The van der Waals surface area contributed by atoms with Crippen molar-refractivity contribution in [3.63, 3.8) is 0 Å². The van der Waals surface area contributed by atoms with E-state index in [9.17, 15) is 4.79 Å². The van der Waals surface area contributed by atoms with Crippen LogP contribution >= 0.6 is 11.9 Å². The summed E-state index contributed by atoms with van der Waals surface area (Å²) in [5.74, 6) is 0. The molecule has 1 aliphatic heterocycles. The molecule has 0 atom stereocenters. The van der Waals surface area contributed by atoms with Gasteiger partial charge in [-0.2, -0.15) is 0 Å². The van der Waals surface area contributed by atoms with E-state index in [0.717, 1.165) is 11.9 Å². The van der Waals surface area contributed by atoms with Gasteiger partial charge in [-0.05, 0) is 0 Å². The molecule has 1 N–H and O–H groups in total. The molecule has 3 heteroatoms. The highest BCUT2D eigenvalue weighted by Gasteiger charge is 2.00. The first-order valence-electron chi connectivity index (χ1n) is 2.00. The van der Waals surface area contributed by atoms with Crippen LogP contribution in [-0.2, 0) is 4.79 Å². The highest BCUT2D eigenvalue weighted by Crippen LogP contribution is 2.04. The fourth-order valence-corrected chi connectivity index (χ4v) is 0.820. The summed E-state index contributed by atoms with van der Waals surface area (Å²) < 4.78 is 2.72. The lowest BCUT2D eigenvalue weighted by molar-refractivity contribution is -0.110. The first-order valence-corrected chi connectivity index (χ1v) is 2.81. The average molecular weight is 115 g/mol. The van der Waals surface area contributed by atoms with Gasteiger partial charge in [0, 0.05) is 24.6 Å². The van der Waals surface area contributed by atoms with Crippen LogP contribution in [0.25, 0.3) is 0 Å². The van der Waals surface area contributed by atoms with Gasteiger partial charge >= 0.3 is 0 Å². The van der Waals surface area contributed by atoms with Gasteiger partial charge in [0.05, 0.1) is 0 Å². The maximum atomic E-state index is 10.3. The molecule has 0 aromatic carbocycles. The molecule has 0 aliphatic carbocycles. The Morgan fingerprint density at radius 1 is 1.86 bits per heavy atom. The molecule has 7 heavy (non-hydrogen) atoms. The second kappa shape index (κ2) is 2.02. The lowest BCUT2D eigenvalue weighted by Gasteiger charge is -1.99. The summed E-state index contributed by atoms with van der Waals surface area (Å²) in [5, 5.41) is 0.183. The van der Waals surface area contributed by atoms with Crippen molar-refractivity contribution in [1.29, 1.82) is 0 Å². The molecule has 1 heterocycles. The average Bonchev–Trinajstić information content (AvgIpc) is 1.69. The van der Waals surface area contributed by atoms with E-state index in [1.54, 1.807) is 12.3 Å². The maximum Gasteiger partial charge on any atom is 0.212 e. The summed E-state index contributed by atoms with van der Waals surface area (Å²) in [4.78, 5) is 10.3. The molecule has 0 saturated heterocycles. The van der Waals surface area contributed by atoms with E-state index < -0.39 is 0 Å². The minimum absolute atomic E-state index is 0.183. The summed E-state index contributed by atoms with van der Waals surface area (Å²) in [6.07, 6.45) is 4.14. The number of carbonyl (C=O) groups excluding carboxylic acids is 1. The molecule has 0 aromatic heterocycles. The number of hydrogen-bond acceptors (Lipinski definition) is 3. The second-order valence-electron chi connectivity index (χ2n) is 1.20. The largest absolute Gasteiger partial charge is 0.330 e. The van der Waals surface area contributed by atoms with Gasteiger partial charge in [0.2, 0.25) is 5.12 Å². The molecule has 0 bridgehead atoms. The van der Waals surface area contributed by atoms with Crippen molar-refractivity contribution < 1.29 is 4.79 Å². The standard InChI is InChI=1S/C4H5NOS/c6-4-2-1-3-5-7-4/h1,3,5H,2H2. The fourth-order valence-electron chi connectivity index (χ4n) is 0.345. The van der Waals surface area contributed by atoms with Crippen LogP contribution < -0.4 is 4.72 Å². The van der Waals surface area contributed by atoms with E-state index in [-0.39, 0.29) is 5.12 Å². The van der Waals surface area contributed by atoms with Crippen LogP contribution in [0.1, 0.15) is 6.42 Å². The predicted octanol–water partition coefficient (Wildman–Crippen LogP) is 0.668. The van der Waals surface area contributed by atoms with Crippen molar-refractivity contribution in [1.82, 2.24) is 4.72 Å². The number of carbonyl (C=O) groups is 1. The molecular weight excluding hydrogens is 110 g/mol. The molecule has 0 fully saturated rings. The molecular formula is C4H5NOS. The number of hydrogen-bond donors (Lipinski definition) is 1. The first kappa shape index (κ1) is 4.71. The first-order chi connectivity index (χ1) is 3.39. The third kappa shape index (κ3) is 1.23. The molecule has 1 rings (SSSR count). The van der Waals surface area contributed by atoms with Gasteiger partial charge < -0.3 is 4.72 Å². The lowest BCUT2D eigenvalue weighted by atomic mass is 10.4. The highest BCUT2D eigenvalue weighted by atomic mass is 32.2. The summed E-state index contributed by atoms with van der Waals surface area (Å²) in [6, 6.07) is 0. The topological polar surface area (TPSA) is 29.1 Å². The van der Waals surface area contributed by atoms with Crippen LogP contribution in [-0.4, -0.2) is 5.12 Å². The van der Waals surface area contributed by atoms with Gasteiger partial charge in [-0.3, -0.25) is 4.79 Å². The number of nitrogens with one attached hydrogen (secondary N) is 1. The number of allylic oxidation sites excluding steroid dienone is 1. The molecule has 0 aromatic rings. The van der Waals surface area contributed by atoms with E-state index in [4.69, 9.17) is 0 Å². The Bertz CT molecular complexity index is 110. The van der Waals surface area contributed by atoms with E-state index in [2.05, 4.69) is 4.72 Å². The zero-order valence-electron chi connectivity index (χ0n) is 3.68. The van der Waals surface area contributed by atoms with Gasteiger partial charge in [0.1, 0.15) is 0 Å². The zero-order valence-corrected chi connectivity index (χ0v) is 4.49. The van der Waals surface area contributed by atoms with Crippen LogP contribution in [0, 0.1) is 0 Å². The lowest BCUT2D eigenvalue weighted by Crippen LogP contribution is -2.03. The Morgan fingerprint density at radius 3 is 3.00 bits per heavy atom. The molecule has 0 amide bonds. The van der Waals surface area contributed by atoms with Crippen LogP contribution in [0.3, 0.4) is 0 Å². The molecule has 38 valence electrons. The van der Waals surface area contributed by atoms with Crippen LogP contribution in [0.5, 0.6) is 0 Å². The van der Waals surface area contributed by atoms with Gasteiger partial charge in [-0.15, -0.1) is 0 Å². The number of rotatable bonds is 0. The summed E-state index contributed by atoms with van der Waals surface area (Å²) in [5.41, 5.74) is 0. The van der Waals surface area contributed by atoms with Gasteiger partial charge in [-0.25, -0.2) is 0 Å². The summed E-state index contributed by atoms with van der Waals surface area (Å²) >= 11 is 1.14. The van der Waals surface area contributed by atoms with E-state index in [0.29, 0.717) is 6.42 Å². The predicted molar refractivity (Wildman–Crippen MR) is 29.5 cm³/mol. The highest BCUT2D eigenvalue weighted by molar-refractivity contribution is 8.12. The molecule has 0 unspecified atom stereocenters. The molecule has 1 aliphatic rings. The van der Waals surface area contributed by atoms with Crippen molar-refractivity contribution in [2.24, 2.45) is 0 Å². The van der Waals surface area contributed by atoms with E-state index in [1.165, 1.54) is 0 Å². The van der Waals surface area contributed by atoms with Gasteiger partial charge in [0.25, 0.3) is 0 Å². The van der Waals surface area contributed by atoms with Crippen molar-refractivity contribution in [2.45, 2.75) is 6.42 Å². The zero-order chi connectivity index (χ0) is 5.11. The Morgan fingerprint density at radius 2 is 2.71 bits per heavy atom. The van der Waals surface area contributed by atoms with Crippen LogP contribution in [0.15, 0.2) is 12.3 Å². The van der Waals surface area contributed by atoms with Gasteiger partial charge in [-0.1, -0.05) is 6.08 Å². The van der Waals surface area contributed by atoms with Crippen LogP contribution in [0.2, 0.25) is 0 Å². The summed E-state index contributed by atoms with van der Waals surface area (Å²) in [7, 11) is 0. The quantitative estimate of drug-likeness (QED) is 0.470. The third-order valence-corrected chi connectivity index (χ3v) is 1.29.